The van der Waals surface area contributed by atoms with Crippen LogP contribution in [0.2, 0.25) is 5.02 Å². The fourth-order valence-electron chi connectivity index (χ4n) is 2.64. The molecule has 3 aromatic rings. The first-order valence-corrected chi connectivity index (χ1v) is 12.8. The highest BCUT2D eigenvalue weighted by Crippen LogP contribution is 2.37. The third-order valence-electron chi connectivity index (χ3n) is 3.85. The van der Waals surface area contributed by atoms with E-state index < -0.39 is 30.5 Å². The molecule has 0 spiro atoms. The maximum atomic E-state index is 13.6. The number of rotatable bonds is 6. The number of thiazole rings is 1. The summed E-state index contributed by atoms with van der Waals surface area (Å²) >= 11 is 6.55. The maximum Gasteiger partial charge on any atom is 0.226 e. The minimum Gasteiger partial charge on any atom is -0.223 e. The molecule has 0 radical (unpaired) electrons. The van der Waals surface area contributed by atoms with Gasteiger partial charge in [-0.25, -0.2) is 26.2 Å². The van der Waals surface area contributed by atoms with E-state index in [1.165, 1.54) is 42.5 Å². The summed E-state index contributed by atoms with van der Waals surface area (Å²) in [4.78, 5) is 3.99. The number of benzene rings is 2. The van der Waals surface area contributed by atoms with Gasteiger partial charge in [0.05, 0.1) is 10.6 Å². The molecule has 0 unspecified atom stereocenters. The predicted octanol–water partition coefficient (Wildman–Crippen LogP) is 4.87. The fraction of sp³-hybridized carbons (Fsp3) is 0.211. The summed E-state index contributed by atoms with van der Waals surface area (Å²) in [6.45, 7) is 3.44. The predicted molar refractivity (Wildman–Crippen MR) is 111 cm³/mol. The van der Waals surface area contributed by atoms with E-state index in [9.17, 15) is 21.2 Å². The van der Waals surface area contributed by atoms with Crippen LogP contribution in [0.25, 0.3) is 10.6 Å². The normalized spacial score (nSPS) is 12.4. The number of nitrogens with zero attached hydrogens (tertiary/aromatic N) is 1. The van der Waals surface area contributed by atoms with E-state index in [0.29, 0.717) is 10.6 Å². The van der Waals surface area contributed by atoms with Gasteiger partial charge in [0, 0.05) is 10.6 Å². The van der Waals surface area contributed by atoms with Crippen LogP contribution in [-0.4, -0.2) is 27.6 Å². The van der Waals surface area contributed by atoms with Crippen molar-refractivity contribution < 1.29 is 21.2 Å². The lowest BCUT2D eigenvalue weighted by Crippen LogP contribution is -2.14. The van der Waals surface area contributed by atoms with E-state index in [-0.39, 0.29) is 25.8 Å². The van der Waals surface area contributed by atoms with Crippen molar-refractivity contribution >= 4 is 42.6 Å². The lowest BCUT2D eigenvalue weighted by atomic mass is 10.2. The molecule has 3 rings (SSSR count). The van der Waals surface area contributed by atoms with Gasteiger partial charge in [0.25, 0.3) is 0 Å². The zero-order valence-electron chi connectivity index (χ0n) is 15.5. The molecule has 0 fully saturated rings. The van der Waals surface area contributed by atoms with Crippen molar-refractivity contribution in [3.63, 3.8) is 0 Å². The van der Waals surface area contributed by atoms with Crippen LogP contribution in [0.1, 0.15) is 13.8 Å². The quantitative estimate of drug-likeness (QED) is 0.510. The van der Waals surface area contributed by atoms with Crippen LogP contribution in [0.5, 0.6) is 0 Å². The summed E-state index contributed by atoms with van der Waals surface area (Å²) < 4.78 is 65.5. The average Bonchev–Trinajstić information content (AvgIpc) is 3.08. The van der Waals surface area contributed by atoms with E-state index in [4.69, 9.17) is 11.6 Å². The Balaban J connectivity index is 2.25. The summed E-state index contributed by atoms with van der Waals surface area (Å²) in [6, 6.07) is 10.8. The van der Waals surface area contributed by atoms with E-state index in [2.05, 4.69) is 4.98 Å². The van der Waals surface area contributed by atoms with E-state index in [0.717, 1.165) is 11.3 Å². The van der Waals surface area contributed by atoms with Crippen molar-refractivity contribution in [2.75, 3.05) is 5.75 Å². The van der Waals surface area contributed by atoms with Crippen LogP contribution in [0.3, 0.4) is 0 Å². The van der Waals surface area contributed by atoms with Gasteiger partial charge in [-0.3, -0.25) is 0 Å². The lowest BCUT2D eigenvalue weighted by molar-refractivity contribution is 0.574. The first-order chi connectivity index (χ1) is 13.5. The highest BCUT2D eigenvalue weighted by molar-refractivity contribution is 7.96. The number of hydrogen-bond acceptors (Lipinski definition) is 6. The standard InChI is InChI=1S/C19H17ClFNO4S3/c1-12(2)11-28(23,24)19-18(29(25,26)16-8-6-14(20)7-9-16)22-17(27-19)13-4-3-5-15(21)10-13/h3-10,12H,11H2,1-2H3. The Hall–Kier alpha value is -1.81. The number of sulfone groups is 2. The molecule has 0 saturated heterocycles. The van der Waals surface area contributed by atoms with Gasteiger partial charge in [0.1, 0.15) is 10.8 Å². The maximum absolute atomic E-state index is 13.6. The van der Waals surface area contributed by atoms with Gasteiger partial charge in [0.2, 0.25) is 9.84 Å². The Morgan fingerprint density at radius 2 is 1.72 bits per heavy atom. The van der Waals surface area contributed by atoms with Crippen molar-refractivity contribution in [1.82, 2.24) is 4.98 Å². The van der Waals surface area contributed by atoms with Crippen LogP contribution < -0.4 is 0 Å². The minimum absolute atomic E-state index is 0.111. The Kier molecular flexibility index (Phi) is 6.14. The first kappa shape index (κ1) is 21.9. The molecule has 29 heavy (non-hydrogen) atoms. The second-order valence-corrected chi connectivity index (χ2v) is 12.3. The molecule has 154 valence electrons. The molecular formula is C19H17ClFNO4S3. The Bertz CT molecular complexity index is 1250. The lowest BCUT2D eigenvalue weighted by Gasteiger charge is -2.08. The first-order valence-electron chi connectivity index (χ1n) is 8.51. The van der Waals surface area contributed by atoms with E-state index in [1.54, 1.807) is 19.9 Å². The molecule has 10 heteroatoms. The third-order valence-corrected chi connectivity index (χ3v) is 9.83. The molecule has 0 aliphatic rings. The van der Waals surface area contributed by atoms with Gasteiger partial charge < -0.3 is 0 Å². The highest BCUT2D eigenvalue weighted by Gasteiger charge is 2.33. The van der Waals surface area contributed by atoms with Gasteiger partial charge in [-0.1, -0.05) is 37.6 Å². The van der Waals surface area contributed by atoms with Crippen molar-refractivity contribution in [1.29, 1.82) is 0 Å². The largest absolute Gasteiger partial charge is 0.226 e. The summed E-state index contributed by atoms with van der Waals surface area (Å²) in [6.07, 6.45) is 0. The molecule has 0 bridgehead atoms. The number of aromatic nitrogens is 1. The van der Waals surface area contributed by atoms with Crippen molar-refractivity contribution in [3.8, 4) is 10.6 Å². The van der Waals surface area contributed by atoms with E-state index in [1.807, 2.05) is 0 Å². The Labute approximate surface area is 178 Å². The monoisotopic (exact) mass is 473 g/mol. The summed E-state index contributed by atoms with van der Waals surface area (Å²) in [7, 11) is -8.16. The molecule has 0 amide bonds. The Morgan fingerprint density at radius 3 is 2.31 bits per heavy atom. The number of halogens is 2. The van der Waals surface area contributed by atoms with E-state index >= 15 is 0 Å². The minimum atomic E-state index is -4.23. The van der Waals surface area contributed by atoms with Crippen LogP contribution in [-0.2, 0) is 19.7 Å². The van der Waals surface area contributed by atoms with Crippen molar-refractivity contribution in [2.45, 2.75) is 28.0 Å². The third kappa shape index (κ3) is 4.69. The zero-order chi connectivity index (χ0) is 21.4. The molecule has 0 aliphatic heterocycles. The molecule has 5 nitrogen and oxygen atoms in total. The van der Waals surface area contributed by atoms with Crippen LogP contribution in [0.4, 0.5) is 4.39 Å². The SMILES string of the molecule is CC(C)CS(=O)(=O)c1sc(-c2cccc(F)c2)nc1S(=O)(=O)c1ccc(Cl)cc1. The zero-order valence-corrected chi connectivity index (χ0v) is 18.7. The molecule has 0 aliphatic carbocycles. The van der Waals surface area contributed by atoms with Gasteiger partial charge in [-0.05, 0) is 42.3 Å². The van der Waals surface area contributed by atoms with Gasteiger partial charge in [0.15, 0.2) is 19.1 Å². The Morgan fingerprint density at radius 1 is 1.07 bits per heavy atom. The molecule has 0 atom stereocenters. The highest BCUT2D eigenvalue weighted by atomic mass is 35.5. The van der Waals surface area contributed by atoms with Crippen molar-refractivity contribution in [3.05, 3.63) is 59.4 Å². The molecule has 1 heterocycles. The second-order valence-electron chi connectivity index (χ2n) is 6.75. The smallest absolute Gasteiger partial charge is 0.223 e. The van der Waals surface area contributed by atoms with Crippen LogP contribution in [0.15, 0.2) is 62.7 Å². The van der Waals surface area contributed by atoms with Crippen molar-refractivity contribution in [2.24, 2.45) is 5.92 Å². The molecule has 0 N–H and O–H groups in total. The summed E-state index contributed by atoms with van der Waals surface area (Å²) in [5.41, 5.74) is 0.300. The number of hydrogen-bond donors (Lipinski definition) is 0. The fourth-order valence-corrected chi connectivity index (χ4v) is 8.12. The van der Waals surface area contributed by atoms with Gasteiger partial charge in [-0.2, -0.15) is 0 Å². The molecular weight excluding hydrogens is 457 g/mol. The second kappa shape index (κ2) is 8.14. The molecule has 0 saturated carbocycles. The van der Waals surface area contributed by atoms with Crippen LogP contribution in [0, 0.1) is 11.7 Å². The van der Waals surface area contributed by atoms with Crippen LogP contribution >= 0.6 is 22.9 Å². The topological polar surface area (TPSA) is 81.2 Å². The average molecular weight is 474 g/mol. The van der Waals surface area contributed by atoms with Gasteiger partial charge >= 0.3 is 0 Å². The summed E-state index contributed by atoms with van der Waals surface area (Å²) in [5, 5.41) is -0.0977. The summed E-state index contributed by atoms with van der Waals surface area (Å²) in [5.74, 6) is -0.988. The molecule has 2 aromatic carbocycles. The van der Waals surface area contributed by atoms with Gasteiger partial charge in [-0.15, -0.1) is 11.3 Å². The molecule has 1 aromatic heterocycles.